The zero-order chi connectivity index (χ0) is 13.7. The van der Waals surface area contributed by atoms with Crippen LogP contribution < -0.4 is 5.32 Å². The topological polar surface area (TPSA) is 12.0 Å². The van der Waals surface area contributed by atoms with Crippen LogP contribution in [-0.4, -0.2) is 12.6 Å². The molecule has 1 atom stereocenters. The van der Waals surface area contributed by atoms with Gasteiger partial charge >= 0.3 is 0 Å². The molecule has 19 heavy (non-hydrogen) atoms. The van der Waals surface area contributed by atoms with E-state index in [1.807, 2.05) is 0 Å². The molecule has 1 fully saturated rings. The van der Waals surface area contributed by atoms with Gasteiger partial charge in [-0.2, -0.15) is 0 Å². The van der Waals surface area contributed by atoms with E-state index in [-0.39, 0.29) is 0 Å². The SMILES string of the molecule is CCNC(Cc1ccccc1C)C1(CC)CCCC1. The van der Waals surface area contributed by atoms with Crippen molar-refractivity contribution in [1.82, 2.24) is 5.32 Å². The number of rotatable bonds is 6. The molecule has 0 spiro atoms. The summed E-state index contributed by atoms with van der Waals surface area (Å²) < 4.78 is 0. The molecule has 0 aromatic heterocycles. The van der Waals surface area contributed by atoms with Gasteiger partial charge in [-0.3, -0.25) is 0 Å². The van der Waals surface area contributed by atoms with E-state index in [0.29, 0.717) is 11.5 Å². The summed E-state index contributed by atoms with van der Waals surface area (Å²) in [5.41, 5.74) is 3.50. The Morgan fingerprint density at radius 1 is 1.16 bits per heavy atom. The zero-order valence-corrected chi connectivity index (χ0v) is 12.8. The van der Waals surface area contributed by atoms with Crippen LogP contribution in [0, 0.1) is 12.3 Å². The van der Waals surface area contributed by atoms with Crippen molar-refractivity contribution in [2.24, 2.45) is 5.41 Å². The smallest absolute Gasteiger partial charge is 0.0164 e. The van der Waals surface area contributed by atoms with Crippen molar-refractivity contribution in [3.8, 4) is 0 Å². The van der Waals surface area contributed by atoms with Crippen LogP contribution in [-0.2, 0) is 6.42 Å². The van der Waals surface area contributed by atoms with Crippen molar-refractivity contribution in [3.63, 3.8) is 0 Å². The molecule has 1 aromatic rings. The summed E-state index contributed by atoms with van der Waals surface area (Å²) >= 11 is 0. The Morgan fingerprint density at radius 2 is 1.84 bits per heavy atom. The predicted octanol–water partition coefficient (Wildman–Crippen LogP) is 4.49. The van der Waals surface area contributed by atoms with Crippen LogP contribution in [0.15, 0.2) is 24.3 Å². The van der Waals surface area contributed by atoms with Gasteiger partial charge in [0, 0.05) is 6.04 Å². The third kappa shape index (κ3) is 3.20. The Bertz CT molecular complexity index is 390. The maximum atomic E-state index is 3.79. The highest BCUT2D eigenvalue weighted by Gasteiger charge is 2.39. The first-order valence-electron chi connectivity index (χ1n) is 7.99. The third-order valence-corrected chi connectivity index (χ3v) is 5.18. The van der Waals surface area contributed by atoms with Crippen LogP contribution in [0.3, 0.4) is 0 Å². The Hall–Kier alpha value is -0.820. The highest BCUT2D eigenvalue weighted by Crippen LogP contribution is 2.44. The molecular formula is C18H29N. The quantitative estimate of drug-likeness (QED) is 0.794. The fraction of sp³-hybridized carbons (Fsp3) is 0.667. The molecule has 1 heteroatoms. The predicted molar refractivity (Wildman–Crippen MR) is 83.5 cm³/mol. The minimum absolute atomic E-state index is 0.540. The van der Waals surface area contributed by atoms with Crippen LogP contribution in [0.5, 0.6) is 0 Å². The Labute approximate surface area is 118 Å². The van der Waals surface area contributed by atoms with E-state index < -0.39 is 0 Å². The lowest BCUT2D eigenvalue weighted by Gasteiger charge is -2.38. The number of hydrogen-bond donors (Lipinski definition) is 1. The Balaban J connectivity index is 2.18. The molecule has 0 amide bonds. The van der Waals surface area contributed by atoms with Gasteiger partial charge in [-0.05, 0) is 55.7 Å². The first-order chi connectivity index (χ1) is 9.22. The van der Waals surface area contributed by atoms with Crippen LogP contribution >= 0.6 is 0 Å². The van der Waals surface area contributed by atoms with Crippen molar-refractivity contribution in [3.05, 3.63) is 35.4 Å². The minimum Gasteiger partial charge on any atom is -0.313 e. The Morgan fingerprint density at radius 3 is 2.42 bits per heavy atom. The van der Waals surface area contributed by atoms with Gasteiger partial charge in [0.25, 0.3) is 0 Å². The van der Waals surface area contributed by atoms with E-state index >= 15 is 0 Å². The maximum absolute atomic E-state index is 3.79. The average Bonchev–Trinajstić information content (AvgIpc) is 2.90. The number of nitrogens with one attached hydrogen (secondary N) is 1. The van der Waals surface area contributed by atoms with Crippen molar-refractivity contribution in [2.75, 3.05) is 6.54 Å². The van der Waals surface area contributed by atoms with Gasteiger partial charge in [-0.25, -0.2) is 0 Å². The van der Waals surface area contributed by atoms with Crippen LogP contribution in [0.2, 0.25) is 0 Å². The van der Waals surface area contributed by atoms with Gasteiger partial charge < -0.3 is 5.32 Å². The number of likely N-dealkylation sites (N-methyl/N-ethyl adjacent to an activating group) is 1. The number of aryl methyl sites for hydroxylation is 1. The van der Waals surface area contributed by atoms with E-state index in [1.54, 1.807) is 0 Å². The molecule has 0 bridgehead atoms. The van der Waals surface area contributed by atoms with Gasteiger partial charge in [0.2, 0.25) is 0 Å². The van der Waals surface area contributed by atoms with Crippen molar-refractivity contribution in [2.45, 2.75) is 65.3 Å². The summed E-state index contributed by atoms with van der Waals surface area (Å²) in [7, 11) is 0. The molecule has 1 aliphatic carbocycles. The minimum atomic E-state index is 0.540. The highest BCUT2D eigenvalue weighted by atomic mass is 14.9. The molecule has 1 nitrogen and oxygen atoms in total. The standard InChI is InChI=1S/C18H29N/c1-4-18(12-8-9-13-18)17(19-5-2)14-16-11-7-6-10-15(16)3/h6-7,10-11,17,19H,4-5,8-9,12-14H2,1-3H3. The van der Waals surface area contributed by atoms with Crippen molar-refractivity contribution >= 4 is 0 Å². The zero-order valence-electron chi connectivity index (χ0n) is 12.8. The molecule has 0 heterocycles. The molecule has 0 aliphatic heterocycles. The first kappa shape index (κ1) is 14.6. The average molecular weight is 259 g/mol. The van der Waals surface area contributed by atoms with Gasteiger partial charge in [0.05, 0.1) is 0 Å². The highest BCUT2D eigenvalue weighted by molar-refractivity contribution is 5.27. The normalized spacial score (nSPS) is 19.5. The molecule has 1 aromatic carbocycles. The maximum Gasteiger partial charge on any atom is 0.0164 e. The Kier molecular flexibility index (Phi) is 5.04. The second-order valence-electron chi connectivity index (χ2n) is 6.16. The van der Waals surface area contributed by atoms with Crippen LogP contribution in [0.4, 0.5) is 0 Å². The van der Waals surface area contributed by atoms with Gasteiger partial charge in [-0.1, -0.05) is 51.0 Å². The van der Waals surface area contributed by atoms with Crippen molar-refractivity contribution in [1.29, 1.82) is 0 Å². The number of hydrogen-bond acceptors (Lipinski definition) is 1. The molecule has 106 valence electrons. The summed E-state index contributed by atoms with van der Waals surface area (Å²) in [6.45, 7) is 7.95. The second-order valence-corrected chi connectivity index (χ2v) is 6.16. The molecule has 2 rings (SSSR count). The molecule has 0 saturated heterocycles. The number of benzene rings is 1. The van der Waals surface area contributed by atoms with Crippen molar-refractivity contribution < 1.29 is 0 Å². The molecule has 1 aliphatic rings. The summed E-state index contributed by atoms with van der Waals surface area (Å²) in [5.74, 6) is 0. The van der Waals surface area contributed by atoms with Gasteiger partial charge in [-0.15, -0.1) is 0 Å². The lowest BCUT2D eigenvalue weighted by Crippen LogP contribution is -2.45. The molecule has 1 N–H and O–H groups in total. The molecule has 1 unspecified atom stereocenters. The molecule has 0 radical (unpaired) electrons. The van der Waals surface area contributed by atoms with Crippen LogP contribution in [0.1, 0.15) is 57.1 Å². The summed E-state index contributed by atoms with van der Waals surface area (Å²) in [5, 5.41) is 3.79. The van der Waals surface area contributed by atoms with E-state index in [1.165, 1.54) is 49.7 Å². The lowest BCUT2D eigenvalue weighted by atomic mass is 9.73. The largest absolute Gasteiger partial charge is 0.313 e. The molecular weight excluding hydrogens is 230 g/mol. The van der Waals surface area contributed by atoms with Gasteiger partial charge in [0.15, 0.2) is 0 Å². The summed E-state index contributed by atoms with van der Waals surface area (Å²) in [6, 6.07) is 9.51. The van der Waals surface area contributed by atoms with Crippen LogP contribution in [0.25, 0.3) is 0 Å². The van der Waals surface area contributed by atoms with E-state index in [9.17, 15) is 0 Å². The van der Waals surface area contributed by atoms with Gasteiger partial charge in [0.1, 0.15) is 0 Å². The summed E-state index contributed by atoms with van der Waals surface area (Å²) in [4.78, 5) is 0. The monoisotopic (exact) mass is 259 g/mol. The third-order valence-electron chi connectivity index (χ3n) is 5.18. The lowest BCUT2D eigenvalue weighted by molar-refractivity contribution is 0.186. The second kappa shape index (κ2) is 6.56. The fourth-order valence-corrected chi connectivity index (χ4v) is 3.84. The summed E-state index contributed by atoms with van der Waals surface area (Å²) in [6.07, 6.45) is 8.16. The van der Waals surface area contributed by atoms with E-state index in [2.05, 4.69) is 50.4 Å². The fourth-order valence-electron chi connectivity index (χ4n) is 3.84. The van der Waals surface area contributed by atoms with E-state index in [0.717, 1.165) is 6.54 Å². The molecule has 1 saturated carbocycles. The first-order valence-corrected chi connectivity index (χ1v) is 7.99. The van der Waals surface area contributed by atoms with E-state index in [4.69, 9.17) is 0 Å².